The molecule has 0 bridgehead atoms. The summed E-state index contributed by atoms with van der Waals surface area (Å²) in [5, 5.41) is 10.6. The molecule has 4 nitrogen and oxygen atoms in total. The van der Waals surface area contributed by atoms with Crippen LogP contribution in [0.1, 0.15) is 12.8 Å². The lowest BCUT2D eigenvalue weighted by Gasteiger charge is -1.95. The van der Waals surface area contributed by atoms with Crippen LogP contribution >= 0.6 is 0 Å². The van der Waals surface area contributed by atoms with Gasteiger partial charge in [-0.1, -0.05) is 0 Å². The molecule has 2 amide bonds. The molecule has 2 N–H and O–H groups in total. The fourth-order valence-corrected chi connectivity index (χ4v) is 0.907. The highest BCUT2D eigenvalue weighted by Crippen LogP contribution is 2.08. The van der Waals surface area contributed by atoms with Gasteiger partial charge in [0.2, 0.25) is 0 Å². The number of hydrogen-bond acceptors (Lipinski definition) is 3. The smallest absolute Gasteiger partial charge is 0.254 e. The van der Waals surface area contributed by atoms with E-state index in [2.05, 4.69) is 5.32 Å². The topological polar surface area (TPSA) is 66.4 Å². The molecule has 1 heterocycles. The van der Waals surface area contributed by atoms with Crippen LogP contribution in [-0.2, 0) is 9.59 Å². The summed E-state index contributed by atoms with van der Waals surface area (Å²) in [6.45, 7) is 0.0405. The first-order valence-electron chi connectivity index (χ1n) is 3.41. The molecular formula is C7H9NO3. The average molecular weight is 155 g/mol. The molecule has 0 aromatic carbocycles. The quantitative estimate of drug-likeness (QED) is 0.532. The Labute approximate surface area is 63.9 Å². The second-order valence-electron chi connectivity index (χ2n) is 2.32. The number of aliphatic hydroxyl groups is 1. The van der Waals surface area contributed by atoms with Crippen LogP contribution < -0.4 is 5.32 Å². The first-order chi connectivity index (χ1) is 5.24. The Balaban J connectivity index is 2.50. The van der Waals surface area contributed by atoms with Crippen LogP contribution in [0, 0.1) is 0 Å². The number of aliphatic hydroxyl groups excluding tert-OH is 1. The lowest BCUT2D eigenvalue weighted by atomic mass is 10.1. The van der Waals surface area contributed by atoms with E-state index in [1.54, 1.807) is 0 Å². The molecule has 0 saturated carbocycles. The monoisotopic (exact) mass is 155 g/mol. The zero-order valence-electron chi connectivity index (χ0n) is 5.96. The van der Waals surface area contributed by atoms with Gasteiger partial charge in [0.05, 0.1) is 0 Å². The number of carbonyl (C=O) groups excluding carboxylic acids is 2. The fraction of sp³-hybridized carbons (Fsp3) is 0.429. The molecule has 0 saturated heterocycles. The summed E-state index contributed by atoms with van der Waals surface area (Å²) in [6, 6.07) is 0. The van der Waals surface area contributed by atoms with Gasteiger partial charge < -0.3 is 5.11 Å². The van der Waals surface area contributed by atoms with Crippen molar-refractivity contribution in [2.45, 2.75) is 12.8 Å². The summed E-state index contributed by atoms with van der Waals surface area (Å²) in [5.41, 5.74) is 0.462. The zero-order chi connectivity index (χ0) is 8.27. The number of imide groups is 1. The maximum absolute atomic E-state index is 10.8. The number of rotatable bonds is 3. The van der Waals surface area contributed by atoms with E-state index in [9.17, 15) is 9.59 Å². The molecule has 0 spiro atoms. The van der Waals surface area contributed by atoms with Gasteiger partial charge in [-0.25, -0.2) is 0 Å². The van der Waals surface area contributed by atoms with E-state index in [4.69, 9.17) is 5.11 Å². The summed E-state index contributed by atoms with van der Waals surface area (Å²) in [5.74, 6) is -0.689. The molecule has 0 aromatic heterocycles. The Morgan fingerprint density at radius 1 is 1.45 bits per heavy atom. The molecule has 0 aromatic rings. The molecular weight excluding hydrogens is 146 g/mol. The number of amides is 2. The summed E-state index contributed by atoms with van der Waals surface area (Å²) >= 11 is 0. The summed E-state index contributed by atoms with van der Waals surface area (Å²) in [7, 11) is 0. The zero-order valence-corrected chi connectivity index (χ0v) is 5.96. The molecule has 0 unspecified atom stereocenters. The van der Waals surface area contributed by atoms with Crippen LogP contribution in [0.4, 0.5) is 0 Å². The first kappa shape index (κ1) is 7.94. The van der Waals surface area contributed by atoms with Crippen LogP contribution in [0.2, 0.25) is 0 Å². The second-order valence-corrected chi connectivity index (χ2v) is 2.32. The van der Waals surface area contributed by atoms with E-state index in [1.165, 1.54) is 6.08 Å². The molecule has 0 radical (unpaired) electrons. The summed E-state index contributed by atoms with van der Waals surface area (Å²) in [6.07, 6.45) is 2.26. The Bertz CT molecular complexity index is 220. The van der Waals surface area contributed by atoms with Crippen molar-refractivity contribution in [1.82, 2.24) is 5.32 Å². The Kier molecular flexibility index (Phi) is 2.38. The average Bonchev–Trinajstić information content (AvgIpc) is 2.26. The summed E-state index contributed by atoms with van der Waals surface area (Å²) < 4.78 is 0. The molecule has 1 aliphatic heterocycles. The van der Waals surface area contributed by atoms with Gasteiger partial charge >= 0.3 is 0 Å². The SMILES string of the molecule is O=C1C=C(CCCO)C(=O)N1. The molecule has 0 fully saturated rings. The van der Waals surface area contributed by atoms with Crippen LogP contribution in [0.3, 0.4) is 0 Å². The predicted molar refractivity (Wildman–Crippen MR) is 37.6 cm³/mol. The van der Waals surface area contributed by atoms with Gasteiger partial charge in [0.15, 0.2) is 0 Å². The van der Waals surface area contributed by atoms with Crippen LogP contribution in [0.15, 0.2) is 11.6 Å². The van der Waals surface area contributed by atoms with Gasteiger partial charge in [0, 0.05) is 18.3 Å². The summed E-state index contributed by atoms with van der Waals surface area (Å²) in [4.78, 5) is 21.4. The lowest BCUT2D eigenvalue weighted by molar-refractivity contribution is -0.123. The number of hydrogen-bond donors (Lipinski definition) is 2. The van der Waals surface area contributed by atoms with Crippen LogP contribution in [-0.4, -0.2) is 23.5 Å². The minimum absolute atomic E-state index is 0.0405. The third-order valence-electron chi connectivity index (χ3n) is 1.44. The number of nitrogens with one attached hydrogen (secondary N) is 1. The largest absolute Gasteiger partial charge is 0.396 e. The van der Waals surface area contributed by atoms with E-state index < -0.39 is 0 Å². The van der Waals surface area contributed by atoms with Gasteiger partial charge in [-0.2, -0.15) is 0 Å². The lowest BCUT2D eigenvalue weighted by Crippen LogP contribution is -2.22. The number of carbonyl (C=O) groups is 2. The van der Waals surface area contributed by atoms with Crippen molar-refractivity contribution in [2.24, 2.45) is 0 Å². The Morgan fingerprint density at radius 2 is 2.18 bits per heavy atom. The third kappa shape index (κ3) is 1.88. The maximum atomic E-state index is 10.8. The third-order valence-corrected chi connectivity index (χ3v) is 1.44. The highest BCUT2D eigenvalue weighted by Gasteiger charge is 2.19. The fourth-order valence-electron chi connectivity index (χ4n) is 0.907. The van der Waals surface area contributed by atoms with Crippen molar-refractivity contribution in [3.8, 4) is 0 Å². The van der Waals surface area contributed by atoms with Gasteiger partial charge in [-0.3, -0.25) is 14.9 Å². The maximum Gasteiger partial charge on any atom is 0.254 e. The highest BCUT2D eigenvalue weighted by atomic mass is 16.3. The van der Waals surface area contributed by atoms with Crippen molar-refractivity contribution in [1.29, 1.82) is 0 Å². The molecule has 60 valence electrons. The molecule has 1 rings (SSSR count). The van der Waals surface area contributed by atoms with Crippen molar-refractivity contribution in [3.63, 3.8) is 0 Å². The van der Waals surface area contributed by atoms with Crippen molar-refractivity contribution < 1.29 is 14.7 Å². The van der Waals surface area contributed by atoms with E-state index in [0.717, 1.165) is 0 Å². The van der Waals surface area contributed by atoms with Gasteiger partial charge in [-0.05, 0) is 12.8 Å². The molecule has 0 atom stereocenters. The van der Waals surface area contributed by atoms with Crippen molar-refractivity contribution >= 4 is 11.8 Å². The van der Waals surface area contributed by atoms with Crippen LogP contribution in [0.25, 0.3) is 0 Å². The Morgan fingerprint density at radius 3 is 2.64 bits per heavy atom. The molecule has 4 heteroatoms. The standard InChI is InChI=1S/C7H9NO3/c9-3-1-2-5-4-6(10)8-7(5)11/h4,9H,1-3H2,(H,8,10,11). The Hall–Kier alpha value is -1.16. The second kappa shape index (κ2) is 3.30. The van der Waals surface area contributed by atoms with E-state index in [-0.39, 0.29) is 18.4 Å². The van der Waals surface area contributed by atoms with E-state index >= 15 is 0 Å². The highest BCUT2D eigenvalue weighted by molar-refractivity contribution is 6.16. The van der Waals surface area contributed by atoms with Gasteiger partial charge in [-0.15, -0.1) is 0 Å². The van der Waals surface area contributed by atoms with Gasteiger partial charge in [0.25, 0.3) is 11.8 Å². The van der Waals surface area contributed by atoms with Gasteiger partial charge in [0.1, 0.15) is 0 Å². The van der Waals surface area contributed by atoms with Crippen molar-refractivity contribution in [2.75, 3.05) is 6.61 Å². The molecule has 1 aliphatic rings. The molecule has 11 heavy (non-hydrogen) atoms. The minimum Gasteiger partial charge on any atom is -0.396 e. The normalized spacial score (nSPS) is 16.6. The molecule has 0 aliphatic carbocycles. The van der Waals surface area contributed by atoms with Crippen LogP contribution in [0.5, 0.6) is 0 Å². The van der Waals surface area contributed by atoms with E-state index in [1.807, 2.05) is 0 Å². The predicted octanol–water partition coefficient (Wildman–Crippen LogP) is -0.658. The van der Waals surface area contributed by atoms with E-state index in [0.29, 0.717) is 18.4 Å². The van der Waals surface area contributed by atoms with Crippen molar-refractivity contribution in [3.05, 3.63) is 11.6 Å². The minimum atomic E-state index is -0.358. The first-order valence-corrected chi connectivity index (χ1v) is 3.41.